The Hall–Kier alpha value is -2.06. The zero-order chi connectivity index (χ0) is 19.5. The highest BCUT2D eigenvalue weighted by molar-refractivity contribution is 9.10. The van der Waals surface area contributed by atoms with E-state index in [2.05, 4.69) is 101 Å². The summed E-state index contributed by atoms with van der Waals surface area (Å²) in [6, 6.07) is 24.4. The van der Waals surface area contributed by atoms with Crippen LogP contribution in [-0.2, 0) is 6.54 Å². The maximum Gasteiger partial charge on any atom is 0.0497 e. The highest BCUT2D eigenvalue weighted by atomic mass is 79.9. The number of para-hydroxylation sites is 1. The van der Waals surface area contributed by atoms with Gasteiger partial charge in [-0.25, -0.2) is 0 Å². The number of rotatable bonds is 7. The van der Waals surface area contributed by atoms with Crippen LogP contribution in [-0.4, -0.2) is 4.57 Å². The zero-order valence-electron chi connectivity index (χ0n) is 16.8. The molecular weight excluding hydrogens is 406 g/mol. The molecule has 0 saturated carbocycles. The summed E-state index contributed by atoms with van der Waals surface area (Å²) in [6.45, 7) is 5.72. The van der Waals surface area contributed by atoms with Gasteiger partial charge in [-0.15, -0.1) is 0 Å². The first-order chi connectivity index (χ1) is 13.7. The van der Waals surface area contributed by atoms with Gasteiger partial charge in [0.25, 0.3) is 0 Å². The number of hydrogen-bond acceptors (Lipinski definition) is 0. The lowest BCUT2D eigenvalue weighted by atomic mass is 9.99. The fourth-order valence-corrected chi connectivity index (χ4v) is 4.67. The predicted molar refractivity (Wildman–Crippen MR) is 126 cm³/mol. The molecule has 0 aliphatic heterocycles. The first-order valence-corrected chi connectivity index (χ1v) is 11.3. The van der Waals surface area contributed by atoms with E-state index < -0.39 is 0 Å². The Balaban J connectivity index is 1.86. The van der Waals surface area contributed by atoms with Crippen LogP contribution in [0.15, 0.2) is 71.2 Å². The van der Waals surface area contributed by atoms with Gasteiger partial charge in [-0.2, -0.15) is 0 Å². The molecule has 0 N–H and O–H groups in total. The predicted octanol–water partition coefficient (Wildman–Crippen LogP) is 8.44. The van der Waals surface area contributed by atoms with Crippen LogP contribution in [0.3, 0.4) is 0 Å². The number of nitrogens with zero attached hydrogens (tertiary/aromatic N) is 1. The smallest absolute Gasteiger partial charge is 0.0497 e. The average Bonchev–Trinajstić information content (AvgIpc) is 3.04. The van der Waals surface area contributed by atoms with Crippen LogP contribution in [0.1, 0.15) is 39.5 Å². The zero-order valence-corrected chi connectivity index (χ0v) is 18.4. The van der Waals surface area contributed by atoms with Gasteiger partial charge < -0.3 is 4.57 Å². The molecule has 4 aromatic rings. The van der Waals surface area contributed by atoms with Crippen molar-refractivity contribution in [1.29, 1.82) is 0 Å². The van der Waals surface area contributed by atoms with Crippen molar-refractivity contribution < 1.29 is 0 Å². The van der Waals surface area contributed by atoms with Gasteiger partial charge in [0, 0.05) is 32.8 Å². The number of fused-ring (bicyclic) bond motifs is 3. The molecule has 4 rings (SSSR count). The Labute approximate surface area is 176 Å². The van der Waals surface area contributed by atoms with E-state index in [0.717, 1.165) is 16.9 Å². The van der Waals surface area contributed by atoms with Crippen molar-refractivity contribution >= 4 is 37.7 Å². The van der Waals surface area contributed by atoms with E-state index >= 15 is 0 Å². The Morgan fingerprint density at radius 1 is 0.821 bits per heavy atom. The Kier molecular flexibility index (Phi) is 5.87. The summed E-state index contributed by atoms with van der Waals surface area (Å²) >= 11 is 3.61. The Morgan fingerprint density at radius 2 is 1.61 bits per heavy atom. The molecule has 0 aliphatic rings. The summed E-state index contributed by atoms with van der Waals surface area (Å²) in [6.07, 6.45) is 5.14. The first-order valence-electron chi connectivity index (χ1n) is 10.5. The van der Waals surface area contributed by atoms with Crippen LogP contribution in [0.25, 0.3) is 32.9 Å². The van der Waals surface area contributed by atoms with Gasteiger partial charge in [0.1, 0.15) is 0 Å². The lowest BCUT2D eigenvalue weighted by Crippen LogP contribution is -2.10. The molecule has 0 saturated heterocycles. The largest absolute Gasteiger partial charge is 0.340 e. The second-order valence-corrected chi connectivity index (χ2v) is 8.70. The minimum Gasteiger partial charge on any atom is -0.340 e. The van der Waals surface area contributed by atoms with Crippen molar-refractivity contribution in [2.45, 2.75) is 46.1 Å². The monoisotopic (exact) mass is 433 g/mol. The second kappa shape index (κ2) is 8.53. The Bertz CT molecular complexity index is 1090. The second-order valence-electron chi connectivity index (χ2n) is 7.79. The van der Waals surface area contributed by atoms with Crippen molar-refractivity contribution in [1.82, 2.24) is 4.57 Å². The van der Waals surface area contributed by atoms with Crippen molar-refractivity contribution in [2.75, 3.05) is 0 Å². The maximum absolute atomic E-state index is 3.61. The number of halogens is 1. The van der Waals surface area contributed by atoms with Crippen molar-refractivity contribution in [3.8, 4) is 11.1 Å². The van der Waals surface area contributed by atoms with Crippen molar-refractivity contribution in [3.63, 3.8) is 0 Å². The molecule has 144 valence electrons. The van der Waals surface area contributed by atoms with E-state index in [1.54, 1.807) is 0 Å². The van der Waals surface area contributed by atoms with Gasteiger partial charge in [-0.3, -0.25) is 0 Å². The molecule has 1 nitrogen and oxygen atoms in total. The first kappa shape index (κ1) is 19.3. The summed E-state index contributed by atoms with van der Waals surface area (Å²) in [4.78, 5) is 0. The van der Waals surface area contributed by atoms with Crippen LogP contribution >= 0.6 is 15.9 Å². The quantitative estimate of drug-likeness (QED) is 0.275. The highest BCUT2D eigenvalue weighted by Crippen LogP contribution is 2.34. The minimum absolute atomic E-state index is 0.730. The van der Waals surface area contributed by atoms with E-state index in [4.69, 9.17) is 0 Å². The summed E-state index contributed by atoms with van der Waals surface area (Å²) in [5, 5.41) is 2.73. The highest BCUT2D eigenvalue weighted by Gasteiger charge is 2.15. The SMILES string of the molecule is CCCCC(CC)Cn1c2ccccc2c2ccc(-c3cccc(Br)c3)cc21. The minimum atomic E-state index is 0.730. The lowest BCUT2D eigenvalue weighted by Gasteiger charge is -2.17. The molecule has 0 spiro atoms. The molecule has 0 radical (unpaired) electrons. The van der Waals surface area contributed by atoms with Gasteiger partial charge in [0.05, 0.1) is 0 Å². The van der Waals surface area contributed by atoms with Crippen molar-refractivity contribution in [2.24, 2.45) is 5.92 Å². The fraction of sp³-hybridized carbons (Fsp3) is 0.308. The third kappa shape index (κ3) is 3.75. The summed E-state index contributed by atoms with van der Waals surface area (Å²) in [5.41, 5.74) is 5.25. The third-order valence-electron chi connectivity index (χ3n) is 5.92. The molecule has 3 aromatic carbocycles. The number of hydrogen-bond donors (Lipinski definition) is 0. The van der Waals surface area contributed by atoms with E-state index in [0.29, 0.717) is 0 Å². The average molecular weight is 434 g/mol. The third-order valence-corrected chi connectivity index (χ3v) is 6.41. The van der Waals surface area contributed by atoms with E-state index in [-0.39, 0.29) is 0 Å². The van der Waals surface area contributed by atoms with Crippen LogP contribution in [0.4, 0.5) is 0 Å². The molecule has 0 aliphatic carbocycles. The molecule has 1 aromatic heterocycles. The molecule has 1 heterocycles. The standard InChI is InChI=1S/C26H28BrN/c1-3-5-9-19(4-2)18-28-25-13-7-6-12-23(25)24-15-14-21(17-26(24)28)20-10-8-11-22(27)16-20/h6-8,10-17,19H,3-5,9,18H2,1-2H3. The van der Waals surface area contributed by atoms with E-state index in [9.17, 15) is 0 Å². The lowest BCUT2D eigenvalue weighted by molar-refractivity contribution is 0.401. The molecule has 0 fully saturated rings. The molecule has 1 atom stereocenters. The molecule has 28 heavy (non-hydrogen) atoms. The number of benzene rings is 3. The topological polar surface area (TPSA) is 4.93 Å². The van der Waals surface area contributed by atoms with Gasteiger partial charge in [-0.1, -0.05) is 91.5 Å². The van der Waals surface area contributed by atoms with Crippen molar-refractivity contribution in [3.05, 3.63) is 71.2 Å². The molecule has 2 heteroatoms. The summed E-state index contributed by atoms with van der Waals surface area (Å²) < 4.78 is 3.69. The molecule has 0 amide bonds. The van der Waals surface area contributed by atoms with E-state index in [1.165, 1.54) is 58.6 Å². The summed E-state index contributed by atoms with van der Waals surface area (Å²) in [5.74, 6) is 0.730. The Morgan fingerprint density at radius 3 is 2.39 bits per heavy atom. The van der Waals surface area contributed by atoms with Gasteiger partial charge in [-0.05, 0) is 47.7 Å². The van der Waals surface area contributed by atoms with Gasteiger partial charge in [0.2, 0.25) is 0 Å². The maximum atomic E-state index is 3.61. The van der Waals surface area contributed by atoms with Crippen LogP contribution in [0.5, 0.6) is 0 Å². The molecule has 1 unspecified atom stereocenters. The normalized spacial score (nSPS) is 12.7. The van der Waals surface area contributed by atoms with Gasteiger partial charge in [0.15, 0.2) is 0 Å². The van der Waals surface area contributed by atoms with E-state index in [1.807, 2.05) is 0 Å². The fourth-order valence-electron chi connectivity index (χ4n) is 4.27. The van der Waals surface area contributed by atoms with Crippen LogP contribution < -0.4 is 0 Å². The number of aromatic nitrogens is 1. The summed E-state index contributed by atoms with van der Waals surface area (Å²) in [7, 11) is 0. The van der Waals surface area contributed by atoms with Crippen LogP contribution in [0, 0.1) is 5.92 Å². The molecular formula is C26H28BrN. The van der Waals surface area contributed by atoms with Gasteiger partial charge >= 0.3 is 0 Å². The molecule has 0 bridgehead atoms. The number of unbranched alkanes of at least 4 members (excludes halogenated alkanes) is 1. The van der Waals surface area contributed by atoms with Crippen LogP contribution in [0.2, 0.25) is 0 Å².